The van der Waals surface area contributed by atoms with E-state index < -0.39 is 0 Å². The summed E-state index contributed by atoms with van der Waals surface area (Å²) in [5.74, 6) is 2.07. The second-order valence-corrected chi connectivity index (χ2v) is 7.57. The van der Waals surface area contributed by atoms with Gasteiger partial charge in [0.1, 0.15) is 23.1 Å². The number of imidazole rings is 1. The molecule has 1 aliphatic heterocycles. The smallest absolute Gasteiger partial charge is 0.266 e. The molecule has 5 rings (SSSR count). The lowest BCUT2D eigenvalue weighted by molar-refractivity contribution is 0.122. The molecule has 0 aliphatic carbocycles. The molecule has 4 aromatic rings. The van der Waals surface area contributed by atoms with Crippen LogP contribution in [0, 0.1) is 6.92 Å². The molecule has 1 fully saturated rings. The van der Waals surface area contributed by atoms with Crippen LogP contribution in [0.25, 0.3) is 28.6 Å². The molecule has 33 heavy (non-hydrogen) atoms. The Balaban J connectivity index is 1.69. The fraction of sp³-hybridized carbons (Fsp3) is 0.429. The number of aromatic nitrogens is 7. The number of nitrogens with one attached hydrogen (secondary N) is 1. The Hall–Kier alpha value is -3.64. The summed E-state index contributed by atoms with van der Waals surface area (Å²) in [5, 5.41) is 11.6. The number of methoxy groups -OCH3 is 1. The molecule has 12 nitrogen and oxygen atoms in total. The van der Waals surface area contributed by atoms with Gasteiger partial charge < -0.3 is 24.1 Å². The molecule has 4 aromatic heterocycles. The van der Waals surface area contributed by atoms with Crippen LogP contribution < -0.4 is 10.2 Å². The van der Waals surface area contributed by atoms with Crippen LogP contribution in [-0.4, -0.2) is 81.3 Å². The normalized spacial score (nSPS) is 14.2. The number of rotatable bonds is 8. The summed E-state index contributed by atoms with van der Waals surface area (Å²) in [4.78, 5) is 20.9. The number of hydrogen-bond donors (Lipinski definition) is 1. The first-order chi connectivity index (χ1) is 16.2. The molecule has 5 heterocycles. The van der Waals surface area contributed by atoms with E-state index in [1.165, 1.54) is 0 Å². The van der Waals surface area contributed by atoms with Crippen molar-refractivity contribution in [3.05, 3.63) is 30.7 Å². The maximum atomic E-state index is 5.67. The van der Waals surface area contributed by atoms with Gasteiger partial charge >= 0.3 is 0 Å². The summed E-state index contributed by atoms with van der Waals surface area (Å²) < 4.78 is 18.2. The molecule has 12 heteroatoms. The van der Waals surface area contributed by atoms with Gasteiger partial charge in [-0.25, -0.2) is 15.0 Å². The van der Waals surface area contributed by atoms with Gasteiger partial charge in [-0.1, -0.05) is 0 Å². The van der Waals surface area contributed by atoms with Gasteiger partial charge in [-0.3, -0.25) is 4.57 Å². The van der Waals surface area contributed by atoms with E-state index in [-0.39, 0.29) is 0 Å². The van der Waals surface area contributed by atoms with Crippen LogP contribution >= 0.6 is 0 Å². The number of aryl methyl sites for hydroxylation is 1. The lowest BCUT2D eigenvalue weighted by atomic mass is 10.2. The van der Waals surface area contributed by atoms with Crippen molar-refractivity contribution >= 4 is 22.5 Å². The summed E-state index contributed by atoms with van der Waals surface area (Å²) in [7, 11) is 1.69. The molecule has 0 amide bonds. The number of pyridine rings is 1. The second-order valence-electron chi connectivity index (χ2n) is 7.57. The van der Waals surface area contributed by atoms with Crippen molar-refractivity contribution in [3.8, 4) is 17.5 Å². The topological polar surface area (TPSA) is 129 Å². The number of anilines is 2. The van der Waals surface area contributed by atoms with Gasteiger partial charge in [0, 0.05) is 52.7 Å². The van der Waals surface area contributed by atoms with Crippen molar-refractivity contribution in [1.82, 2.24) is 34.7 Å². The molecule has 0 aromatic carbocycles. The number of fused-ring (bicyclic) bond motifs is 1. The molecular weight excluding hydrogens is 426 g/mol. The Kier molecular flexibility index (Phi) is 6.09. The van der Waals surface area contributed by atoms with E-state index in [1.807, 2.05) is 12.3 Å². The minimum atomic E-state index is 0.348. The van der Waals surface area contributed by atoms with Crippen molar-refractivity contribution in [2.45, 2.75) is 13.3 Å². The SMILES string of the molecule is COCCCNc1cc(-c2nnc(C)o2)nc2c(N3CCOCC3)nc(-n3ccnc3)nc12. The molecule has 0 saturated carbocycles. The summed E-state index contributed by atoms with van der Waals surface area (Å²) in [6.07, 6.45) is 6.04. The number of morpholine rings is 1. The van der Waals surface area contributed by atoms with Crippen LogP contribution in [-0.2, 0) is 9.47 Å². The fourth-order valence-electron chi connectivity index (χ4n) is 3.65. The highest BCUT2D eigenvalue weighted by atomic mass is 16.5. The predicted molar refractivity (Wildman–Crippen MR) is 120 cm³/mol. The van der Waals surface area contributed by atoms with Gasteiger partial charge in [0.05, 0.1) is 18.9 Å². The van der Waals surface area contributed by atoms with Gasteiger partial charge in [0.15, 0.2) is 5.82 Å². The average molecular weight is 451 g/mol. The van der Waals surface area contributed by atoms with Crippen LogP contribution in [0.1, 0.15) is 12.3 Å². The van der Waals surface area contributed by atoms with Crippen molar-refractivity contribution in [3.63, 3.8) is 0 Å². The summed E-state index contributed by atoms with van der Waals surface area (Å²) in [6.45, 7) is 5.76. The number of hydrogen-bond acceptors (Lipinski definition) is 11. The zero-order chi connectivity index (χ0) is 22.6. The van der Waals surface area contributed by atoms with E-state index in [0.29, 0.717) is 73.9 Å². The van der Waals surface area contributed by atoms with Crippen molar-refractivity contribution in [2.75, 3.05) is 56.8 Å². The molecule has 0 spiro atoms. The highest BCUT2D eigenvalue weighted by Gasteiger charge is 2.23. The van der Waals surface area contributed by atoms with Crippen molar-refractivity contribution in [1.29, 1.82) is 0 Å². The third-order valence-electron chi connectivity index (χ3n) is 5.25. The monoisotopic (exact) mass is 451 g/mol. The number of nitrogens with zero attached hydrogens (tertiary/aromatic N) is 8. The lowest BCUT2D eigenvalue weighted by Gasteiger charge is -2.28. The first-order valence-electron chi connectivity index (χ1n) is 10.8. The van der Waals surface area contributed by atoms with E-state index >= 15 is 0 Å². The fourth-order valence-corrected chi connectivity index (χ4v) is 3.65. The maximum Gasteiger partial charge on any atom is 0.266 e. The Morgan fingerprint density at radius 3 is 2.73 bits per heavy atom. The Morgan fingerprint density at radius 2 is 2.00 bits per heavy atom. The Labute approximate surface area is 190 Å². The van der Waals surface area contributed by atoms with Crippen molar-refractivity contribution < 1.29 is 13.9 Å². The molecule has 0 unspecified atom stereocenters. The molecular formula is C21H25N9O3. The minimum absolute atomic E-state index is 0.348. The Bertz CT molecular complexity index is 1220. The molecule has 172 valence electrons. The molecule has 0 radical (unpaired) electrons. The third kappa shape index (κ3) is 4.47. The molecule has 0 atom stereocenters. The first kappa shape index (κ1) is 21.2. The minimum Gasteiger partial charge on any atom is -0.420 e. The highest BCUT2D eigenvalue weighted by molar-refractivity contribution is 5.96. The van der Waals surface area contributed by atoms with Gasteiger partial charge in [0.25, 0.3) is 5.89 Å². The Morgan fingerprint density at radius 1 is 1.12 bits per heavy atom. The average Bonchev–Trinajstić information content (AvgIpc) is 3.54. The molecule has 1 saturated heterocycles. The van der Waals surface area contributed by atoms with E-state index in [0.717, 1.165) is 17.9 Å². The summed E-state index contributed by atoms with van der Waals surface area (Å²) >= 11 is 0. The van der Waals surface area contributed by atoms with E-state index in [1.54, 1.807) is 31.1 Å². The highest BCUT2D eigenvalue weighted by Crippen LogP contribution is 2.32. The number of ether oxygens (including phenoxy) is 2. The van der Waals surface area contributed by atoms with Crippen LogP contribution in [0.15, 0.2) is 29.2 Å². The second kappa shape index (κ2) is 9.46. The zero-order valence-corrected chi connectivity index (χ0v) is 18.6. The van der Waals surface area contributed by atoms with Gasteiger partial charge in [-0.05, 0) is 12.5 Å². The zero-order valence-electron chi connectivity index (χ0n) is 18.6. The quantitative estimate of drug-likeness (QED) is 0.394. The van der Waals surface area contributed by atoms with Gasteiger partial charge in [0.2, 0.25) is 11.8 Å². The first-order valence-corrected chi connectivity index (χ1v) is 10.8. The summed E-state index contributed by atoms with van der Waals surface area (Å²) in [5.41, 5.74) is 2.72. The van der Waals surface area contributed by atoms with E-state index in [9.17, 15) is 0 Å². The molecule has 1 aliphatic rings. The molecule has 1 N–H and O–H groups in total. The molecule has 0 bridgehead atoms. The lowest BCUT2D eigenvalue weighted by Crippen LogP contribution is -2.37. The standard InChI is InChI=1S/C21H25N9O3/c1-14-27-28-20(33-14)16-12-15(23-4-3-9-31-2)17-18(24-16)19(29-7-10-32-11-8-29)26-21(25-17)30-6-5-22-13-30/h5-6,12-13H,3-4,7-11H2,1-2H3,(H,23,24). The van der Waals surface area contributed by atoms with Crippen LogP contribution in [0.5, 0.6) is 0 Å². The van der Waals surface area contributed by atoms with Crippen LogP contribution in [0.4, 0.5) is 11.5 Å². The predicted octanol–water partition coefficient (Wildman–Crippen LogP) is 1.85. The third-order valence-corrected chi connectivity index (χ3v) is 5.25. The van der Waals surface area contributed by atoms with Crippen LogP contribution in [0.2, 0.25) is 0 Å². The van der Waals surface area contributed by atoms with Gasteiger partial charge in [-0.2, -0.15) is 4.98 Å². The van der Waals surface area contributed by atoms with E-state index in [4.69, 9.17) is 28.8 Å². The largest absolute Gasteiger partial charge is 0.420 e. The van der Waals surface area contributed by atoms with Crippen molar-refractivity contribution in [2.24, 2.45) is 0 Å². The van der Waals surface area contributed by atoms with Crippen LogP contribution in [0.3, 0.4) is 0 Å². The summed E-state index contributed by atoms with van der Waals surface area (Å²) in [6, 6.07) is 1.88. The maximum absolute atomic E-state index is 5.67. The van der Waals surface area contributed by atoms with E-state index in [2.05, 4.69) is 25.4 Å². The van der Waals surface area contributed by atoms with Gasteiger partial charge in [-0.15, -0.1) is 10.2 Å².